The smallest absolute Gasteiger partial charge is 0.256 e. The van der Waals surface area contributed by atoms with E-state index in [-0.39, 0.29) is 5.91 Å². The first-order chi connectivity index (χ1) is 12.2. The number of thiophene rings is 1. The van der Waals surface area contributed by atoms with Crippen molar-refractivity contribution in [2.45, 2.75) is 13.0 Å². The van der Waals surface area contributed by atoms with E-state index in [0.29, 0.717) is 5.56 Å². The number of rotatable bonds is 3. The van der Waals surface area contributed by atoms with Crippen LogP contribution in [0.3, 0.4) is 0 Å². The van der Waals surface area contributed by atoms with Gasteiger partial charge in [0.05, 0.1) is 5.56 Å². The number of benzene rings is 2. The number of halogens is 1. The second-order valence-corrected chi connectivity index (χ2v) is 7.88. The van der Waals surface area contributed by atoms with Gasteiger partial charge in [-0.15, -0.1) is 11.3 Å². The van der Waals surface area contributed by atoms with E-state index >= 15 is 0 Å². The normalized spacial score (nSPS) is 13.4. The zero-order valence-electron chi connectivity index (χ0n) is 13.5. The minimum atomic E-state index is -0.110. The Hall–Kier alpha value is -2.11. The summed E-state index contributed by atoms with van der Waals surface area (Å²) in [7, 11) is 0. The molecule has 1 aromatic heterocycles. The second kappa shape index (κ2) is 7.02. The minimum Gasteiger partial charge on any atom is -0.367 e. The molecule has 3 aromatic rings. The van der Waals surface area contributed by atoms with E-state index in [2.05, 4.69) is 49.7 Å². The minimum absolute atomic E-state index is 0.110. The molecule has 1 N–H and O–H groups in total. The van der Waals surface area contributed by atoms with Crippen molar-refractivity contribution in [3.63, 3.8) is 0 Å². The molecule has 0 spiro atoms. The van der Waals surface area contributed by atoms with Gasteiger partial charge in [-0.2, -0.15) is 0 Å². The Balaban J connectivity index is 1.46. The highest BCUT2D eigenvalue weighted by Gasteiger charge is 2.17. The van der Waals surface area contributed by atoms with Gasteiger partial charge in [-0.3, -0.25) is 4.79 Å². The van der Waals surface area contributed by atoms with E-state index in [1.54, 1.807) is 6.07 Å². The van der Waals surface area contributed by atoms with Gasteiger partial charge in [-0.05, 0) is 75.8 Å². The van der Waals surface area contributed by atoms with E-state index in [0.717, 1.165) is 29.7 Å². The van der Waals surface area contributed by atoms with Gasteiger partial charge < -0.3 is 10.2 Å². The molecule has 0 bridgehead atoms. The Labute approximate surface area is 159 Å². The van der Waals surface area contributed by atoms with Crippen LogP contribution in [0.2, 0.25) is 0 Å². The van der Waals surface area contributed by atoms with Crippen LogP contribution in [-0.2, 0) is 13.0 Å². The standard InChI is InChI=1S/C20H17BrN2OS/c21-18-4-2-1-3-17(18)20(24)22-15-5-7-16(8-6-15)23-11-9-19-14(13-23)10-12-25-19/h1-8,10,12H,9,11,13H2,(H,22,24). The van der Waals surface area contributed by atoms with Gasteiger partial charge in [0.2, 0.25) is 0 Å². The predicted molar refractivity (Wildman–Crippen MR) is 108 cm³/mol. The highest BCUT2D eigenvalue weighted by Crippen LogP contribution is 2.28. The van der Waals surface area contributed by atoms with E-state index in [9.17, 15) is 4.79 Å². The van der Waals surface area contributed by atoms with Crippen molar-refractivity contribution >= 4 is 44.5 Å². The van der Waals surface area contributed by atoms with Gasteiger partial charge in [-0.25, -0.2) is 0 Å². The molecule has 4 rings (SSSR count). The third kappa shape index (κ3) is 3.48. The fourth-order valence-corrected chi connectivity index (χ4v) is 4.42. The van der Waals surface area contributed by atoms with Gasteiger partial charge >= 0.3 is 0 Å². The monoisotopic (exact) mass is 412 g/mol. The third-order valence-electron chi connectivity index (χ3n) is 4.42. The van der Waals surface area contributed by atoms with Crippen LogP contribution in [0.4, 0.5) is 11.4 Å². The SMILES string of the molecule is O=C(Nc1ccc(N2CCc3sccc3C2)cc1)c1ccccc1Br. The summed E-state index contributed by atoms with van der Waals surface area (Å²) in [6, 6.07) is 17.7. The maximum absolute atomic E-state index is 12.4. The molecule has 2 aromatic carbocycles. The molecule has 1 aliphatic rings. The zero-order chi connectivity index (χ0) is 17.2. The summed E-state index contributed by atoms with van der Waals surface area (Å²) in [5.74, 6) is -0.110. The highest BCUT2D eigenvalue weighted by molar-refractivity contribution is 9.10. The lowest BCUT2D eigenvalue weighted by atomic mass is 10.1. The molecule has 126 valence electrons. The average molecular weight is 413 g/mol. The summed E-state index contributed by atoms with van der Waals surface area (Å²) < 4.78 is 0.795. The third-order valence-corrected chi connectivity index (χ3v) is 6.13. The number of nitrogens with one attached hydrogen (secondary N) is 1. The molecule has 0 saturated carbocycles. The summed E-state index contributed by atoms with van der Waals surface area (Å²) in [6.45, 7) is 2.00. The molecule has 1 amide bonds. The summed E-state index contributed by atoms with van der Waals surface area (Å²) in [5, 5.41) is 5.13. The molecule has 3 nitrogen and oxygen atoms in total. The molecule has 1 aliphatic heterocycles. The van der Waals surface area contributed by atoms with Crippen molar-refractivity contribution in [3.8, 4) is 0 Å². The van der Waals surface area contributed by atoms with Crippen LogP contribution in [0.1, 0.15) is 20.8 Å². The van der Waals surface area contributed by atoms with Gasteiger partial charge in [0.15, 0.2) is 0 Å². The maximum Gasteiger partial charge on any atom is 0.256 e. The summed E-state index contributed by atoms with van der Waals surface area (Å²) >= 11 is 5.27. The summed E-state index contributed by atoms with van der Waals surface area (Å²) in [6.07, 6.45) is 1.10. The first-order valence-corrected chi connectivity index (χ1v) is 9.84. The van der Waals surface area contributed by atoms with Gasteiger partial charge in [0, 0.05) is 33.8 Å². The number of fused-ring (bicyclic) bond motifs is 1. The van der Waals surface area contributed by atoms with E-state index in [1.165, 1.54) is 16.1 Å². The summed E-state index contributed by atoms with van der Waals surface area (Å²) in [5.41, 5.74) is 4.06. The Morgan fingerprint density at radius 3 is 2.68 bits per heavy atom. The first-order valence-electron chi connectivity index (χ1n) is 8.17. The number of carbonyl (C=O) groups is 1. The number of anilines is 2. The molecule has 5 heteroatoms. The molecule has 0 aliphatic carbocycles. The van der Waals surface area contributed by atoms with Crippen molar-refractivity contribution in [1.29, 1.82) is 0 Å². The van der Waals surface area contributed by atoms with Crippen LogP contribution >= 0.6 is 27.3 Å². The van der Waals surface area contributed by atoms with Gasteiger partial charge in [-0.1, -0.05) is 12.1 Å². The van der Waals surface area contributed by atoms with Crippen LogP contribution in [0, 0.1) is 0 Å². The number of amides is 1. The van der Waals surface area contributed by atoms with Crippen LogP contribution in [0.5, 0.6) is 0 Å². The molecule has 0 unspecified atom stereocenters. The van der Waals surface area contributed by atoms with Crippen molar-refractivity contribution in [2.75, 3.05) is 16.8 Å². The number of hydrogen-bond donors (Lipinski definition) is 1. The molecule has 2 heterocycles. The molecular weight excluding hydrogens is 396 g/mol. The Kier molecular flexibility index (Phi) is 4.59. The molecular formula is C20H17BrN2OS. The molecule has 0 atom stereocenters. The average Bonchev–Trinajstić information content (AvgIpc) is 3.10. The molecule has 25 heavy (non-hydrogen) atoms. The fourth-order valence-electron chi connectivity index (χ4n) is 3.07. The van der Waals surface area contributed by atoms with Crippen LogP contribution in [0.15, 0.2) is 64.5 Å². The van der Waals surface area contributed by atoms with E-state index < -0.39 is 0 Å². The largest absolute Gasteiger partial charge is 0.367 e. The van der Waals surface area contributed by atoms with Gasteiger partial charge in [0.1, 0.15) is 0 Å². The Bertz CT molecular complexity index is 904. The van der Waals surface area contributed by atoms with Crippen molar-refractivity contribution in [1.82, 2.24) is 0 Å². The van der Waals surface area contributed by atoms with Gasteiger partial charge in [0.25, 0.3) is 5.91 Å². The summed E-state index contributed by atoms with van der Waals surface area (Å²) in [4.78, 5) is 16.3. The van der Waals surface area contributed by atoms with Crippen LogP contribution in [-0.4, -0.2) is 12.5 Å². The maximum atomic E-state index is 12.4. The topological polar surface area (TPSA) is 32.3 Å². The lowest BCUT2D eigenvalue weighted by molar-refractivity contribution is 0.102. The predicted octanol–water partition coefficient (Wildman–Crippen LogP) is 5.33. The lowest BCUT2D eigenvalue weighted by Crippen LogP contribution is -2.29. The number of hydrogen-bond acceptors (Lipinski definition) is 3. The zero-order valence-corrected chi connectivity index (χ0v) is 15.9. The highest BCUT2D eigenvalue weighted by atomic mass is 79.9. The van der Waals surface area contributed by atoms with E-state index in [4.69, 9.17) is 0 Å². The molecule has 0 fully saturated rings. The van der Waals surface area contributed by atoms with Crippen molar-refractivity contribution in [2.24, 2.45) is 0 Å². The Morgan fingerprint density at radius 1 is 1.08 bits per heavy atom. The van der Waals surface area contributed by atoms with Crippen LogP contribution in [0.25, 0.3) is 0 Å². The lowest BCUT2D eigenvalue weighted by Gasteiger charge is -2.29. The molecule has 0 radical (unpaired) electrons. The second-order valence-electron chi connectivity index (χ2n) is 6.02. The number of nitrogens with zero attached hydrogens (tertiary/aromatic N) is 1. The number of carbonyl (C=O) groups excluding carboxylic acids is 1. The quantitative estimate of drug-likeness (QED) is 0.630. The Morgan fingerprint density at radius 2 is 1.88 bits per heavy atom. The van der Waals surface area contributed by atoms with Crippen molar-refractivity contribution < 1.29 is 4.79 Å². The first kappa shape index (κ1) is 16.4. The fraction of sp³-hybridized carbons (Fsp3) is 0.150. The van der Waals surface area contributed by atoms with Crippen molar-refractivity contribution in [3.05, 3.63) is 80.5 Å². The van der Waals surface area contributed by atoms with E-state index in [1.807, 2.05) is 41.7 Å². The molecule has 0 saturated heterocycles. The van der Waals surface area contributed by atoms with Crippen LogP contribution < -0.4 is 10.2 Å².